The fourth-order valence-electron chi connectivity index (χ4n) is 2.79. The van der Waals surface area contributed by atoms with Crippen LogP contribution < -0.4 is 0 Å². The molecule has 0 radical (unpaired) electrons. The summed E-state index contributed by atoms with van der Waals surface area (Å²) in [7, 11) is -5.74. The van der Waals surface area contributed by atoms with Gasteiger partial charge in [-0.1, -0.05) is 38.5 Å². The van der Waals surface area contributed by atoms with Crippen molar-refractivity contribution in [1.82, 2.24) is 0 Å². The molecule has 158 valence electrons. The number of rotatable bonds is 19. The molecule has 0 unspecified atom stereocenters. The first-order valence-electron chi connectivity index (χ1n) is 10.2. The van der Waals surface area contributed by atoms with Gasteiger partial charge in [0.15, 0.2) is 0 Å². The van der Waals surface area contributed by atoms with Crippen LogP contribution in [0.15, 0.2) is 0 Å². The first kappa shape index (κ1) is 26.3. The summed E-state index contributed by atoms with van der Waals surface area (Å²) in [6.07, 6.45) is 9.49. The van der Waals surface area contributed by atoms with E-state index >= 15 is 0 Å². The predicted octanol–water partition coefficient (Wildman–Crippen LogP) is 6.64. The lowest BCUT2D eigenvalue weighted by atomic mass is 10.1. The molecule has 0 aliphatic carbocycles. The van der Waals surface area contributed by atoms with Crippen LogP contribution in [0.5, 0.6) is 0 Å². The maximum Gasteiger partial charge on any atom is 0.330 e. The maximum atomic E-state index is 12.3. The van der Waals surface area contributed by atoms with Gasteiger partial charge in [0.05, 0.1) is 38.8 Å². The van der Waals surface area contributed by atoms with Crippen LogP contribution in [0.1, 0.15) is 79.1 Å². The molecule has 0 aliphatic rings. The van der Waals surface area contributed by atoms with Crippen LogP contribution in [-0.2, 0) is 27.2 Å². The molecule has 0 aromatic carbocycles. The minimum Gasteiger partial charge on any atom is -0.309 e. The van der Waals surface area contributed by atoms with E-state index in [1.807, 2.05) is 27.7 Å². The molecule has 0 amide bonds. The fraction of sp³-hybridized carbons (Fsp3) is 1.00. The van der Waals surface area contributed by atoms with Crippen molar-refractivity contribution < 1.29 is 27.2 Å². The molecule has 0 heterocycles. The van der Waals surface area contributed by atoms with Crippen molar-refractivity contribution in [2.24, 2.45) is 0 Å². The minimum absolute atomic E-state index is 0.427. The van der Waals surface area contributed by atoms with E-state index in [4.69, 9.17) is 18.1 Å². The Balaban J connectivity index is 3.67. The van der Waals surface area contributed by atoms with Crippen LogP contribution in [0.3, 0.4) is 0 Å². The minimum atomic E-state index is -2.87. The Bertz CT molecular complexity index is 358. The standard InChI is InChI=1S/C18H40O6P2/c1-5-21-25(19,22-6-2)17-15-13-11-9-10-12-14-16-18-26(20,23-7-3)24-8-4/h5-18H2,1-4H3. The molecule has 0 saturated heterocycles. The van der Waals surface area contributed by atoms with E-state index in [2.05, 4.69) is 0 Å². The van der Waals surface area contributed by atoms with Gasteiger partial charge in [-0.3, -0.25) is 9.13 Å². The summed E-state index contributed by atoms with van der Waals surface area (Å²) in [5.74, 6) is 0. The van der Waals surface area contributed by atoms with Gasteiger partial charge < -0.3 is 18.1 Å². The first-order valence-corrected chi connectivity index (χ1v) is 13.7. The van der Waals surface area contributed by atoms with Crippen LogP contribution in [-0.4, -0.2) is 38.8 Å². The molecule has 0 aromatic rings. The third-order valence-corrected chi connectivity index (χ3v) is 8.25. The van der Waals surface area contributed by atoms with E-state index in [0.717, 1.165) is 38.5 Å². The van der Waals surface area contributed by atoms with Crippen molar-refractivity contribution >= 4 is 15.2 Å². The summed E-state index contributed by atoms with van der Waals surface area (Å²) in [6, 6.07) is 0. The van der Waals surface area contributed by atoms with Crippen molar-refractivity contribution in [3.63, 3.8) is 0 Å². The van der Waals surface area contributed by atoms with Gasteiger partial charge in [0.2, 0.25) is 0 Å². The van der Waals surface area contributed by atoms with Crippen molar-refractivity contribution in [2.75, 3.05) is 38.8 Å². The van der Waals surface area contributed by atoms with E-state index in [9.17, 15) is 9.13 Å². The van der Waals surface area contributed by atoms with Crippen molar-refractivity contribution in [1.29, 1.82) is 0 Å². The third-order valence-electron chi connectivity index (χ3n) is 3.92. The molecule has 0 bridgehead atoms. The number of hydrogen-bond acceptors (Lipinski definition) is 6. The molecular weight excluding hydrogens is 374 g/mol. The van der Waals surface area contributed by atoms with Crippen LogP contribution in [0, 0.1) is 0 Å². The SMILES string of the molecule is CCOP(=O)(CCCCCCCCCCP(=O)(OCC)OCC)OCC. The average molecular weight is 414 g/mol. The van der Waals surface area contributed by atoms with Gasteiger partial charge >= 0.3 is 15.2 Å². The van der Waals surface area contributed by atoms with E-state index in [-0.39, 0.29) is 0 Å². The molecule has 0 aliphatic heterocycles. The van der Waals surface area contributed by atoms with E-state index in [1.54, 1.807) is 0 Å². The van der Waals surface area contributed by atoms with Crippen LogP contribution in [0.2, 0.25) is 0 Å². The van der Waals surface area contributed by atoms with Crippen molar-refractivity contribution in [3.05, 3.63) is 0 Å². The molecule has 0 aromatic heterocycles. The molecule has 0 atom stereocenters. The van der Waals surface area contributed by atoms with E-state index < -0.39 is 15.2 Å². The highest BCUT2D eigenvalue weighted by Crippen LogP contribution is 2.49. The van der Waals surface area contributed by atoms with E-state index in [1.165, 1.54) is 12.8 Å². The highest BCUT2D eigenvalue weighted by atomic mass is 31.2. The van der Waals surface area contributed by atoms with Gasteiger partial charge in [0.1, 0.15) is 0 Å². The van der Waals surface area contributed by atoms with Gasteiger partial charge in [-0.2, -0.15) is 0 Å². The summed E-state index contributed by atoms with van der Waals surface area (Å²) in [6.45, 7) is 9.07. The Labute approximate surface area is 160 Å². The molecular formula is C18H40O6P2. The van der Waals surface area contributed by atoms with Crippen molar-refractivity contribution in [2.45, 2.75) is 79.1 Å². The Morgan fingerprint density at radius 1 is 0.462 bits per heavy atom. The summed E-state index contributed by atoms with van der Waals surface area (Å²) in [5.41, 5.74) is 0. The zero-order valence-electron chi connectivity index (χ0n) is 17.2. The lowest BCUT2D eigenvalue weighted by molar-refractivity contribution is 0.218. The Morgan fingerprint density at radius 2 is 0.692 bits per heavy atom. The second kappa shape index (κ2) is 16.3. The van der Waals surface area contributed by atoms with Crippen LogP contribution in [0.25, 0.3) is 0 Å². The third kappa shape index (κ3) is 13.5. The van der Waals surface area contributed by atoms with Gasteiger partial charge in [-0.15, -0.1) is 0 Å². The lowest BCUT2D eigenvalue weighted by Gasteiger charge is -2.16. The molecule has 0 N–H and O–H groups in total. The predicted molar refractivity (Wildman–Crippen MR) is 108 cm³/mol. The average Bonchev–Trinajstić information content (AvgIpc) is 2.57. The monoisotopic (exact) mass is 414 g/mol. The highest BCUT2D eigenvalue weighted by molar-refractivity contribution is 7.54. The van der Waals surface area contributed by atoms with Gasteiger partial charge in [-0.25, -0.2) is 0 Å². The molecule has 0 spiro atoms. The zero-order valence-corrected chi connectivity index (χ0v) is 19.0. The van der Waals surface area contributed by atoms with Gasteiger partial charge in [0, 0.05) is 0 Å². The van der Waals surface area contributed by atoms with Crippen LogP contribution >= 0.6 is 15.2 Å². The maximum absolute atomic E-state index is 12.3. The summed E-state index contributed by atoms with van der Waals surface area (Å²) >= 11 is 0. The number of hydrogen-bond donors (Lipinski definition) is 0. The smallest absolute Gasteiger partial charge is 0.309 e. The van der Waals surface area contributed by atoms with Crippen molar-refractivity contribution in [3.8, 4) is 0 Å². The molecule has 26 heavy (non-hydrogen) atoms. The lowest BCUT2D eigenvalue weighted by Crippen LogP contribution is -2.00. The fourth-order valence-corrected chi connectivity index (χ4v) is 6.25. The zero-order chi connectivity index (χ0) is 19.7. The largest absolute Gasteiger partial charge is 0.330 e. The molecule has 8 heteroatoms. The molecule has 6 nitrogen and oxygen atoms in total. The Morgan fingerprint density at radius 3 is 0.923 bits per heavy atom. The van der Waals surface area contributed by atoms with Gasteiger partial charge in [0.25, 0.3) is 0 Å². The highest BCUT2D eigenvalue weighted by Gasteiger charge is 2.23. The normalized spacial score (nSPS) is 12.6. The molecule has 0 saturated carbocycles. The Kier molecular flexibility index (Phi) is 16.5. The second-order valence-electron chi connectivity index (χ2n) is 6.17. The van der Waals surface area contributed by atoms with E-state index in [0.29, 0.717) is 38.8 Å². The molecule has 0 fully saturated rings. The number of unbranched alkanes of at least 4 members (excludes halogenated alkanes) is 7. The second-order valence-corrected chi connectivity index (χ2v) is 10.5. The summed E-state index contributed by atoms with van der Waals surface area (Å²) in [5, 5.41) is 0. The van der Waals surface area contributed by atoms with Crippen LogP contribution in [0.4, 0.5) is 0 Å². The molecule has 0 rings (SSSR count). The Hall–Kier alpha value is 0.300. The summed E-state index contributed by atoms with van der Waals surface area (Å²) in [4.78, 5) is 0. The first-order chi connectivity index (χ1) is 12.4. The quantitative estimate of drug-likeness (QED) is 0.174. The van der Waals surface area contributed by atoms with Gasteiger partial charge in [-0.05, 0) is 40.5 Å². The summed E-state index contributed by atoms with van der Waals surface area (Å²) < 4.78 is 45.8. The topological polar surface area (TPSA) is 71.1 Å².